The summed E-state index contributed by atoms with van der Waals surface area (Å²) in [6, 6.07) is 0. The van der Waals surface area contributed by atoms with Crippen molar-refractivity contribution in [2.45, 2.75) is 46.3 Å². The molecule has 0 rings (SSSR count). The SMILES string of the molecule is CCCCC#CC(=O)C(OCC)OCC. The molecular weight excluding hydrogens is 192 g/mol. The topological polar surface area (TPSA) is 35.5 Å². The maximum atomic E-state index is 11.5. The summed E-state index contributed by atoms with van der Waals surface area (Å²) in [6.07, 6.45) is 2.05. The van der Waals surface area contributed by atoms with Gasteiger partial charge in [0.2, 0.25) is 6.29 Å². The maximum Gasteiger partial charge on any atom is 0.261 e. The van der Waals surface area contributed by atoms with Crippen molar-refractivity contribution in [1.82, 2.24) is 0 Å². The highest BCUT2D eigenvalue weighted by Crippen LogP contribution is 1.97. The largest absolute Gasteiger partial charge is 0.346 e. The lowest BCUT2D eigenvalue weighted by Crippen LogP contribution is -2.26. The Morgan fingerprint density at radius 2 is 1.80 bits per heavy atom. The predicted molar refractivity (Wildman–Crippen MR) is 59.3 cm³/mol. The van der Waals surface area contributed by atoms with E-state index >= 15 is 0 Å². The Balaban J connectivity index is 4.03. The highest BCUT2D eigenvalue weighted by molar-refractivity contribution is 5.98. The molecule has 0 saturated heterocycles. The maximum absolute atomic E-state index is 11.5. The number of hydrogen-bond donors (Lipinski definition) is 0. The lowest BCUT2D eigenvalue weighted by atomic mass is 10.2. The number of carbonyl (C=O) groups excluding carboxylic acids is 1. The number of unbranched alkanes of at least 4 members (excludes halogenated alkanes) is 2. The summed E-state index contributed by atoms with van der Waals surface area (Å²) in [5.74, 6) is 5.09. The summed E-state index contributed by atoms with van der Waals surface area (Å²) in [6.45, 7) is 6.64. The molecule has 0 unspecified atom stereocenters. The molecule has 0 aliphatic heterocycles. The van der Waals surface area contributed by atoms with E-state index in [4.69, 9.17) is 9.47 Å². The van der Waals surface area contributed by atoms with Crippen molar-refractivity contribution in [3.63, 3.8) is 0 Å². The van der Waals surface area contributed by atoms with Crippen LogP contribution in [0, 0.1) is 11.8 Å². The molecule has 86 valence electrons. The van der Waals surface area contributed by atoms with Crippen LogP contribution in [-0.4, -0.2) is 25.3 Å². The van der Waals surface area contributed by atoms with Gasteiger partial charge >= 0.3 is 0 Å². The predicted octanol–water partition coefficient (Wildman–Crippen LogP) is 2.15. The van der Waals surface area contributed by atoms with E-state index in [1.165, 1.54) is 0 Å². The van der Waals surface area contributed by atoms with Gasteiger partial charge in [0.25, 0.3) is 5.78 Å². The number of ether oxygens (including phenoxy) is 2. The van der Waals surface area contributed by atoms with Crippen LogP contribution in [0.25, 0.3) is 0 Å². The lowest BCUT2D eigenvalue weighted by Gasteiger charge is -2.11. The van der Waals surface area contributed by atoms with E-state index in [1.807, 2.05) is 13.8 Å². The smallest absolute Gasteiger partial charge is 0.261 e. The van der Waals surface area contributed by atoms with E-state index in [0.717, 1.165) is 19.3 Å². The minimum atomic E-state index is -0.811. The Morgan fingerprint density at radius 3 is 2.27 bits per heavy atom. The molecule has 0 aliphatic rings. The summed E-state index contributed by atoms with van der Waals surface area (Å²) in [5.41, 5.74) is 0. The summed E-state index contributed by atoms with van der Waals surface area (Å²) in [5, 5.41) is 0. The Morgan fingerprint density at radius 1 is 1.20 bits per heavy atom. The van der Waals surface area contributed by atoms with Gasteiger partial charge in [0.05, 0.1) is 0 Å². The summed E-state index contributed by atoms with van der Waals surface area (Å²) in [4.78, 5) is 11.5. The molecule has 0 N–H and O–H groups in total. The molecule has 0 aromatic heterocycles. The first kappa shape index (κ1) is 14.2. The Bertz CT molecular complexity index is 219. The van der Waals surface area contributed by atoms with E-state index in [0.29, 0.717) is 13.2 Å². The van der Waals surface area contributed by atoms with Crippen LogP contribution in [0.5, 0.6) is 0 Å². The van der Waals surface area contributed by atoms with Gasteiger partial charge in [0.1, 0.15) is 0 Å². The molecule has 0 amide bonds. The van der Waals surface area contributed by atoms with Gasteiger partial charge in [0, 0.05) is 19.6 Å². The second kappa shape index (κ2) is 9.70. The van der Waals surface area contributed by atoms with Crippen LogP contribution in [0.2, 0.25) is 0 Å². The minimum Gasteiger partial charge on any atom is -0.346 e. The molecule has 0 atom stereocenters. The number of ketones is 1. The number of carbonyl (C=O) groups is 1. The van der Waals surface area contributed by atoms with Crippen LogP contribution in [0.15, 0.2) is 0 Å². The van der Waals surface area contributed by atoms with E-state index in [1.54, 1.807) is 0 Å². The van der Waals surface area contributed by atoms with Crippen LogP contribution < -0.4 is 0 Å². The highest BCUT2D eigenvalue weighted by Gasteiger charge is 2.15. The van der Waals surface area contributed by atoms with Crippen molar-refractivity contribution in [1.29, 1.82) is 0 Å². The molecule has 0 heterocycles. The van der Waals surface area contributed by atoms with Crippen LogP contribution in [0.1, 0.15) is 40.0 Å². The standard InChI is InChI=1S/C12H20O3/c1-4-7-8-9-10-11(13)12(14-5-2)15-6-3/h12H,4-8H2,1-3H3. The molecular formula is C12H20O3. The number of Topliss-reactive ketones (excluding diaryl/α,β-unsaturated/α-hetero) is 1. The van der Waals surface area contributed by atoms with Gasteiger partial charge in [-0.05, 0) is 26.2 Å². The van der Waals surface area contributed by atoms with Crippen LogP contribution >= 0.6 is 0 Å². The van der Waals surface area contributed by atoms with Gasteiger partial charge < -0.3 is 9.47 Å². The van der Waals surface area contributed by atoms with Gasteiger partial charge in [0.15, 0.2) is 0 Å². The molecule has 3 heteroatoms. The normalized spacial score (nSPS) is 9.87. The Kier molecular flexibility index (Phi) is 9.15. The molecule has 0 aliphatic carbocycles. The zero-order valence-corrected chi connectivity index (χ0v) is 9.84. The zero-order valence-electron chi connectivity index (χ0n) is 9.84. The van der Waals surface area contributed by atoms with Crippen molar-refractivity contribution in [2.24, 2.45) is 0 Å². The Labute approximate surface area is 92.1 Å². The van der Waals surface area contributed by atoms with Crippen molar-refractivity contribution in [2.75, 3.05) is 13.2 Å². The lowest BCUT2D eigenvalue weighted by molar-refractivity contribution is -0.162. The highest BCUT2D eigenvalue weighted by atomic mass is 16.7. The van der Waals surface area contributed by atoms with Gasteiger partial charge in [-0.2, -0.15) is 0 Å². The zero-order chi connectivity index (χ0) is 11.5. The van der Waals surface area contributed by atoms with E-state index in [-0.39, 0.29) is 5.78 Å². The van der Waals surface area contributed by atoms with Crippen molar-refractivity contribution in [3.8, 4) is 11.8 Å². The monoisotopic (exact) mass is 212 g/mol. The average Bonchev–Trinajstić information content (AvgIpc) is 2.24. The molecule has 0 spiro atoms. The first-order chi connectivity index (χ1) is 7.26. The fraction of sp³-hybridized carbons (Fsp3) is 0.750. The quantitative estimate of drug-likeness (QED) is 0.281. The third-order valence-electron chi connectivity index (χ3n) is 1.72. The van der Waals surface area contributed by atoms with Crippen molar-refractivity contribution >= 4 is 5.78 Å². The fourth-order valence-electron chi connectivity index (χ4n) is 0.976. The third kappa shape index (κ3) is 7.12. The molecule has 0 fully saturated rings. The molecule has 0 aromatic carbocycles. The summed E-state index contributed by atoms with van der Waals surface area (Å²) >= 11 is 0. The van der Waals surface area contributed by atoms with Crippen LogP contribution in [0.4, 0.5) is 0 Å². The van der Waals surface area contributed by atoms with Gasteiger partial charge in [-0.3, -0.25) is 4.79 Å². The minimum absolute atomic E-state index is 0.283. The van der Waals surface area contributed by atoms with Crippen LogP contribution in [-0.2, 0) is 14.3 Å². The van der Waals surface area contributed by atoms with E-state index in [9.17, 15) is 4.79 Å². The summed E-state index contributed by atoms with van der Waals surface area (Å²) in [7, 11) is 0. The van der Waals surface area contributed by atoms with Crippen molar-refractivity contribution < 1.29 is 14.3 Å². The molecule has 3 nitrogen and oxygen atoms in total. The van der Waals surface area contributed by atoms with E-state index in [2.05, 4.69) is 18.8 Å². The third-order valence-corrected chi connectivity index (χ3v) is 1.72. The van der Waals surface area contributed by atoms with Crippen LogP contribution in [0.3, 0.4) is 0 Å². The average molecular weight is 212 g/mol. The molecule has 0 bridgehead atoms. The van der Waals surface area contributed by atoms with Gasteiger partial charge in [-0.25, -0.2) is 0 Å². The van der Waals surface area contributed by atoms with E-state index < -0.39 is 6.29 Å². The number of hydrogen-bond acceptors (Lipinski definition) is 3. The second-order valence-electron chi connectivity index (χ2n) is 3.01. The molecule has 0 aromatic rings. The summed E-state index contributed by atoms with van der Waals surface area (Å²) < 4.78 is 10.3. The molecule has 15 heavy (non-hydrogen) atoms. The number of rotatable bonds is 7. The molecule has 0 radical (unpaired) electrons. The second-order valence-corrected chi connectivity index (χ2v) is 3.01. The van der Waals surface area contributed by atoms with Gasteiger partial charge in [-0.1, -0.05) is 19.3 Å². The van der Waals surface area contributed by atoms with Crippen molar-refractivity contribution in [3.05, 3.63) is 0 Å². The molecule has 0 saturated carbocycles. The first-order valence-electron chi connectivity index (χ1n) is 5.52. The van der Waals surface area contributed by atoms with Gasteiger partial charge in [-0.15, -0.1) is 0 Å². The first-order valence-corrected chi connectivity index (χ1v) is 5.52. The Hall–Kier alpha value is -0.850. The fourth-order valence-corrected chi connectivity index (χ4v) is 0.976.